The Morgan fingerprint density at radius 2 is 1.58 bits per heavy atom. The number of likely N-dealkylation sites (tertiary alicyclic amines) is 1. The lowest BCUT2D eigenvalue weighted by atomic mass is 9.95. The Kier molecular flexibility index (Phi) is 11.1. The van der Waals surface area contributed by atoms with Crippen molar-refractivity contribution in [1.82, 2.24) is 39.0 Å². The molecule has 2 aliphatic rings. The van der Waals surface area contributed by atoms with Gasteiger partial charge in [-0.15, -0.1) is 0 Å². The third-order valence-electron chi connectivity index (χ3n) is 9.72. The number of imidazole rings is 1. The van der Waals surface area contributed by atoms with Gasteiger partial charge < -0.3 is 29.3 Å². The van der Waals surface area contributed by atoms with Crippen molar-refractivity contribution in [3.8, 4) is 17.1 Å². The Morgan fingerprint density at radius 3 is 2.16 bits per heavy atom. The van der Waals surface area contributed by atoms with E-state index in [0.29, 0.717) is 68.9 Å². The minimum atomic E-state index is -4.90. The Morgan fingerprint density at radius 1 is 0.912 bits per heavy atom. The number of hydrogen-bond acceptors (Lipinski definition) is 10. The number of aryl methyl sites for hydroxylation is 1. The van der Waals surface area contributed by atoms with Crippen LogP contribution in [0.25, 0.3) is 17.1 Å². The number of hydrogen-bond donors (Lipinski definition) is 1. The molecule has 2 saturated heterocycles. The molecular formula is C37H41F3N10O7. The molecule has 0 aliphatic carbocycles. The molecule has 4 aromatic rings. The number of halogens is 3. The lowest BCUT2D eigenvalue weighted by molar-refractivity contribution is -0.385. The van der Waals surface area contributed by atoms with E-state index < -0.39 is 33.9 Å². The number of amides is 4. The molecule has 20 heteroatoms. The third-order valence-corrected chi connectivity index (χ3v) is 9.72. The summed E-state index contributed by atoms with van der Waals surface area (Å²) in [6.07, 6.45) is -1.17. The number of benzene rings is 1. The number of piperazine rings is 1. The normalized spacial score (nSPS) is 15.4. The molecule has 0 spiro atoms. The van der Waals surface area contributed by atoms with E-state index in [1.54, 1.807) is 54.5 Å². The number of anilines is 1. The maximum atomic E-state index is 14.1. The van der Waals surface area contributed by atoms with E-state index >= 15 is 0 Å². The second-order valence-electron chi connectivity index (χ2n) is 14.8. The first kappa shape index (κ1) is 40.3. The molecule has 57 heavy (non-hydrogen) atoms. The average Bonchev–Trinajstić information content (AvgIpc) is 3.78. The minimum Gasteiger partial charge on any atom is -0.444 e. The number of piperidine rings is 1. The van der Waals surface area contributed by atoms with E-state index in [-0.39, 0.29) is 46.8 Å². The summed E-state index contributed by atoms with van der Waals surface area (Å²) >= 11 is 0. The van der Waals surface area contributed by atoms with Gasteiger partial charge in [0.15, 0.2) is 17.3 Å². The summed E-state index contributed by atoms with van der Waals surface area (Å²) in [5.74, 6) is -1.47. The second-order valence-corrected chi connectivity index (χ2v) is 14.8. The molecule has 1 N–H and O–H groups in total. The first-order chi connectivity index (χ1) is 26.8. The summed E-state index contributed by atoms with van der Waals surface area (Å²) < 4.78 is 49.8. The van der Waals surface area contributed by atoms with Crippen molar-refractivity contribution in [2.75, 3.05) is 44.6 Å². The zero-order valence-corrected chi connectivity index (χ0v) is 31.9. The van der Waals surface area contributed by atoms with Crippen LogP contribution in [-0.2, 0) is 22.8 Å². The van der Waals surface area contributed by atoms with Gasteiger partial charge in [0.25, 0.3) is 17.5 Å². The molecule has 302 valence electrons. The van der Waals surface area contributed by atoms with E-state index in [9.17, 15) is 42.5 Å². The van der Waals surface area contributed by atoms with Gasteiger partial charge in [-0.3, -0.25) is 24.5 Å². The van der Waals surface area contributed by atoms with Gasteiger partial charge in [-0.05, 0) is 70.4 Å². The molecule has 2 aliphatic heterocycles. The molecule has 4 amide bonds. The molecule has 0 atom stereocenters. The number of alkyl halides is 3. The van der Waals surface area contributed by atoms with Gasteiger partial charge >= 0.3 is 12.3 Å². The zero-order valence-electron chi connectivity index (χ0n) is 31.9. The van der Waals surface area contributed by atoms with E-state index in [0.717, 1.165) is 35.4 Å². The quantitative estimate of drug-likeness (QED) is 0.195. The van der Waals surface area contributed by atoms with Crippen molar-refractivity contribution in [2.24, 2.45) is 13.0 Å². The molecule has 2 fully saturated rings. The molecule has 5 heterocycles. The van der Waals surface area contributed by atoms with Gasteiger partial charge in [-0.25, -0.2) is 19.4 Å². The van der Waals surface area contributed by atoms with E-state index in [4.69, 9.17) is 4.74 Å². The van der Waals surface area contributed by atoms with Gasteiger partial charge in [0.1, 0.15) is 11.8 Å². The topological polar surface area (TPSA) is 191 Å². The predicted molar refractivity (Wildman–Crippen MR) is 197 cm³/mol. The Labute approximate surface area is 324 Å². The second kappa shape index (κ2) is 15.7. The van der Waals surface area contributed by atoms with Crippen LogP contribution < -0.4 is 5.32 Å². The van der Waals surface area contributed by atoms with Gasteiger partial charge in [0.2, 0.25) is 5.91 Å². The first-order valence-electron chi connectivity index (χ1n) is 18.1. The molecule has 0 unspecified atom stereocenters. The number of nitrogens with one attached hydrogen (secondary N) is 1. The van der Waals surface area contributed by atoms with Gasteiger partial charge in [0.05, 0.1) is 22.4 Å². The largest absolute Gasteiger partial charge is 0.444 e. The Hall–Kier alpha value is -6.34. The molecule has 6 rings (SSSR count). The fraction of sp³-hybridized carbons (Fsp3) is 0.432. The summed E-state index contributed by atoms with van der Waals surface area (Å²) in [7, 11) is 1.37. The van der Waals surface area contributed by atoms with Crippen molar-refractivity contribution in [1.29, 1.82) is 0 Å². The van der Waals surface area contributed by atoms with Crippen molar-refractivity contribution in [2.45, 2.75) is 52.3 Å². The van der Waals surface area contributed by atoms with Crippen molar-refractivity contribution in [3.05, 3.63) is 81.7 Å². The van der Waals surface area contributed by atoms with Crippen LogP contribution in [0.5, 0.6) is 0 Å². The van der Waals surface area contributed by atoms with Crippen LogP contribution in [0.15, 0.2) is 48.9 Å². The predicted octanol–water partition coefficient (Wildman–Crippen LogP) is 5.09. The number of carbonyl (C=O) groups is 4. The van der Waals surface area contributed by atoms with E-state index in [1.165, 1.54) is 17.7 Å². The van der Waals surface area contributed by atoms with Crippen LogP contribution in [0.2, 0.25) is 0 Å². The smallest absolute Gasteiger partial charge is 0.435 e. The number of carbonyl (C=O) groups excluding carboxylic acids is 4. The SMILES string of the molecule is Cc1cc(NC(=O)c2ncc(-c3cn(-c4ccc([N+](=O)[O-])cn4)nc3C(F)(F)F)n2C)ccc1C(=O)N1CCN(C(=O)C2CCN(C(=O)OC(C)(C)C)CC2)CC1. The molecule has 0 bridgehead atoms. The number of pyridine rings is 1. The number of aromatic nitrogens is 5. The van der Waals surface area contributed by atoms with Crippen LogP contribution in [-0.4, -0.2) is 113 Å². The summed E-state index contributed by atoms with van der Waals surface area (Å²) in [5.41, 5.74) is -1.42. The number of nitrogens with zero attached hydrogens (tertiary/aromatic N) is 9. The first-order valence-corrected chi connectivity index (χ1v) is 18.1. The van der Waals surface area contributed by atoms with Gasteiger partial charge in [-0.2, -0.15) is 18.3 Å². The molecule has 0 radical (unpaired) electrons. The minimum absolute atomic E-state index is 0.0115. The van der Waals surface area contributed by atoms with Crippen LogP contribution in [0.1, 0.15) is 65.8 Å². The van der Waals surface area contributed by atoms with Crippen molar-refractivity contribution >= 4 is 35.2 Å². The summed E-state index contributed by atoms with van der Waals surface area (Å²) in [6.45, 7) is 9.40. The summed E-state index contributed by atoms with van der Waals surface area (Å²) in [4.78, 5) is 75.8. The highest BCUT2D eigenvalue weighted by Crippen LogP contribution is 2.37. The maximum absolute atomic E-state index is 14.1. The van der Waals surface area contributed by atoms with Crippen molar-refractivity contribution in [3.63, 3.8) is 0 Å². The van der Waals surface area contributed by atoms with Crippen LogP contribution >= 0.6 is 0 Å². The van der Waals surface area contributed by atoms with Gasteiger partial charge in [-0.1, -0.05) is 0 Å². The fourth-order valence-electron chi connectivity index (χ4n) is 6.74. The molecule has 1 aromatic carbocycles. The molecule has 17 nitrogen and oxygen atoms in total. The maximum Gasteiger partial charge on any atom is 0.435 e. The van der Waals surface area contributed by atoms with E-state index in [1.807, 2.05) is 0 Å². The lowest BCUT2D eigenvalue weighted by Crippen LogP contribution is -2.53. The lowest BCUT2D eigenvalue weighted by Gasteiger charge is -2.38. The van der Waals surface area contributed by atoms with E-state index in [2.05, 4.69) is 20.4 Å². The van der Waals surface area contributed by atoms with Crippen LogP contribution in [0, 0.1) is 23.0 Å². The summed E-state index contributed by atoms with van der Waals surface area (Å²) in [6, 6.07) is 6.95. The third kappa shape index (κ3) is 8.89. The zero-order chi connectivity index (χ0) is 41.4. The molecule has 0 saturated carbocycles. The van der Waals surface area contributed by atoms with Gasteiger partial charge in [0, 0.05) is 75.7 Å². The van der Waals surface area contributed by atoms with Crippen molar-refractivity contribution < 1.29 is 42.0 Å². The van der Waals surface area contributed by atoms with Crippen LogP contribution in [0.4, 0.5) is 29.3 Å². The highest BCUT2D eigenvalue weighted by atomic mass is 19.4. The Bertz CT molecular complexity index is 2200. The summed E-state index contributed by atoms with van der Waals surface area (Å²) in [5, 5.41) is 17.3. The molecular weight excluding hydrogens is 753 g/mol. The number of ether oxygens (including phenoxy) is 1. The standard InChI is InChI=1S/C37H41F3N10O7/c1-22-18-24(6-8-26(22)34(53)47-16-14-46(15-17-47)33(52)23-10-12-48(13-11-23)35(54)57-36(2,3)4)43-32(51)31-42-20-28(45(31)5)27-21-49(44-30(27)37(38,39)40)29-9-7-25(19-41-29)50(55)56/h6-9,18-21,23H,10-17H2,1-5H3,(H,43,51). The Balaban J connectivity index is 1.06. The van der Waals surface area contributed by atoms with Crippen LogP contribution in [0.3, 0.4) is 0 Å². The monoisotopic (exact) mass is 794 g/mol. The highest BCUT2D eigenvalue weighted by Gasteiger charge is 2.39. The molecule has 3 aromatic heterocycles. The average molecular weight is 795 g/mol. The fourth-order valence-corrected chi connectivity index (χ4v) is 6.74. The number of nitro groups is 1. The highest BCUT2D eigenvalue weighted by molar-refractivity contribution is 6.03. The number of rotatable bonds is 7.